The van der Waals surface area contributed by atoms with Gasteiger partial charge in [0.05, 0.1) is 11.7 Å². The predicted octanol–water partition coefficient (Wildman–Crippen LogP) is 1.60. The Hall–Kier alpha value is -2.38. The zero-order chi connectivity index (χ0) is 19.1. The molecule has 0 bridgehead atoms. The molecule has 0 saturated heterocycles. The molecular weight excluding hydrogens is 324 g/mol. The topological polar surface area (TPSA) is 105 Å². The fourth-order valence-corrected chi connectivity index (χ4v) is 2.69. The highest BCUT2D eigenvalue weighted by atomic mass is 16.4. The van der Waals surface area contributed by atoms with Crippen LogP contribution in [-0.4, -0.2) is 56.7 Å². The van der Waals surface area contributed by atoms with E-state index in [1.165, 1.54) is 18.7 Å². The normalized spacial score (nSPS) is 12.1. The molecule has 1 rings (SSSR count). The summed E-state index contributed by atoms with van der Waals surface area (Å²) in [6.45, 7) is 8.98. The molecule has 0 aliphatic rings. The standard InChI is InChI=1S/C17H28N4O4/c1-6-14(7-2)21-15(10-11(3)19-21)16(23)20(12(4)17(24)25)9-8-18-13(5)22/h10,12,14H,6-9H2,1-5H3,(H,18,22)(H,24,25). The first-order chi connectivity index (χ1) is 11.7. The summed E-state index contributed by atoms with van der Waals surface area (Å²) in [7, 11) is 0. The molecule has 0 aliphatic heterocycles. The van der Waals surface area contributed by atoms with Gasteiger partial charge >= 0.3 is 5.97 Å². The third-order valence-corrected chi connectivity index (χ3v) is 4.18. The average molecular weight is 352 g/mol. The number of rotatable bonds is 9. The minimum absolute atomic E-state index is 0.0741. The number of aliphatic carboxylic acids is 1. The molecule has 1 aromatic heterocycles. The largest absolute Gasteiger partial charge is 0.480 e. The average Bonchev–Trinajstić information content (AvgIpc) is 2.93. The zero-order valence-electron chi connectivity index (χ0n) is 15.6. The number of carbonyl (C=O) groups is 3. The smallest absolute Gasteiger partial charge is 0.326 e. The first kappa shape index (κ1) is 20.7. The van der Waals surface area contributed by atoms with Crippen LogP contribution in [0.4, 0.5) is 0 Å². The van der Waals surface area contributed by atoms with E-state index in [-0.39, 0.29) is 25.0 Å². The van der Waals surface area contributed by atoms with Crippen molar-refractivity contribution in [2.75, 3.05) is 13.1 Å². The van der Waals surface area contributed by atoms with Gasteiger partial charge in [-0.2, -0.15) is 5.10 Å². The third kappa shape index (κ3) is 5.30. The Morgan fingerprint density at radius 3 is 2.40 bits per heavy atom. The van der Waals surface area contributed by atoms with Crippen LogP contribution in [0.3, 0.4) is 0 Å². The minimum Gasteiger partial charge on any atom is -0.480 e. The highest BCUT2D eigenvalue weighted by Crippen LogP contribution is 2.20. The molecule has 1 unspecified atom stereocenters. The van der Waals surface area contributed by atoms with Crippen LogP contribution >= 0.6 is 0 Å². The molecule has 0 fully saturated rings. The van der Waals surface area contributed by atoms with Crippen molar-refractivity contribution < 1.29 is 19.5 Å². The van der Waals surface area contributed by atoms with Gasteiger partial charge < -0.3 is 15.3 Å². The highest BCUT2D eigenvalue weighted by molar-refractivity contribution is 5.95. The SMILES string of the molecule is CCC(CC)n1nc(C)cc1C(=O)N(CCNC(C)=O)C(C)C(=O)O. The minimum atomic E-state index is -1.10. The number of carbonyl (C=O) groups excluding carboxylic acids is 2. The van der Waals surface area contributed by atoms with Gasteiger partial charge in [0.15, 0.2) is 0 Å². The number of aryl methyl sites for hydroxylation is 1. The summed E-state index contributed by atoms with van der Waals surface area (Å²) in [5, 5.41) is 16.3. The second-order valence-electron chi connectivity index (χ2n) is 6.08. The van der Waals surface area contributed by atoms with Gasteiger partial charge in [0.1, 0.15) is 11.7 Å². The maximum atomic E-state index is 13.0. The summed E-state index contributed by atoms with van der Waals surface area (Å²) in [6, 6.07) is 0.747. The fraction of sp³-hybridized carbons (Fsp3) is 0.647. The van der Waals surface area contributed by atoms with Crippen LogP contribution in [0.2, 0.25) is 0 Å². The van der Waals surface area contributed by atoms with Crippen LogP contribution in [0.5, 0.6) is 0 Å². The van der Waals surface area contributed by atoms with E-state index in [1.54, 1.807) is 17.7 Å². The molecule has 0 radical (unpaired) electrons. The van der Waals surface area contributed by atoms with Gasteiger partial charge in [-0.15, -0.1) is 0 Å². The van der Waals surface area contributed by atoms with Crippen LogP contribution in [0.15, 0.2) is 6.07 Å². The van der Waals surface area contributed by atoms with Gasteiger partial charge in [0, 0.05) is 20.0 Å². The Kier molecular flexibility index (Phi) is 7.60. The molecule has 0 aliphatic carbocycles. The Balaban J connectivity index is 3.15. The van der Waals surface area contributed by atoms with Crippen LogP contribution in [0, 0.1) is 6.92 Å². The van der Waals surface area contributed by atoms with Gasteiger partial charge in [-0.05, 0) is 32.8 Å². The van der Waals surface area contributed by atoms with Crippen molar-refractivity contribution in [1.82, 2.24) is 20.0 Å². The molecule has 2 amide bonds. The molecule has 25 heavy (non-hydrogen) atoms. The van der Waals surface area contributed by atoms with Gasteiger partial charge in [-0.3, -0.25) is 14.3 Å². The summed E-state index contributed by atoms with van der Waals surface area (Å²) in [6.07, 6.45) is 1.64. The second-order valence-corrected chi connectivity index (χ2v) is 6.08. The van der Waals surface area contributed by atoms with Gasteiger partial charge in [0.25, 0.3) is 5.91 Å². The van der Waals surface area contributed by atoms with E-state index >= 15 is 0 Å². The molecule has 0 spiro atoms. The number of hydrogen-bond acceptors (Lipinski definition) is 4. The van der Waals surface area contributed by atoms with Crippen molar-refractivity contribution in [3.05, 3.63) is 17.5 Å². The maximum Gasteiger partial charge on any atom is 0.326 e. The molecule has 1 aromatic rings. The molecule has 1 atom stereocenters. The molecule has 0 saturated carbocycles. The fourth-order valence-electron chi connectivity index (χ4n) is 2.69. The molecule has 8 heteroatoms. The molecule has 8 nitrogen and oxygen atoms in total. The Morgan fingerprint density at radius 2 is 1.92 bits per heavy atom. The van der Waals surface area contributed by atoms with Crippen LogP contribution in [0.1, 0.15) is 62.8 Å². The van der Waals surface area contributed by atoms with Crippen LogP contribution in [-0.2, 0) is 9.59 Å². The first-order valence-electron chi connectivity index (χ1n) is 8.57. The Bertz CT molecular complexity index is 622. The van der Waals surface area contributed by atoms with Gasteiger partial charge in [-0.25, -0.2) is 4.79 Å². The molecule has 140 valence electrons. The monoisotopic (exact) mass is 352 g/mol. The van der Waals surface area contributed by atoms with Crippen molar-refractivity contribution in [1.29, 1.82) is 0 Å². The summed E-state index contributed by atoms with van der Waals surface area (Å²) in [4.78, 5) is 36.7. The van der Waals surface area contributed by atoms with Crippen molar-refractivity contribution >= 4 is 17.8 Å². The summed E-state index contributed by atoms with van der Waals surface area (Å²) in [5.41, 5.74) is 1.09. The molecular formula is C17H28N4O4. The lowest BCUT2D eigenvalue weighted by Crippen LogP contribution is -2.47. The first-order valence-corrected chi connectivity index (χ1v) is 8.57. The summed E-state index contributed by atoms with van der Waals surface area (Å²) < 4.78 is 1.69. The Morgan fingerprint density at radius 1 is 1.32 bits per heavy atom. The van der Waals surface area contributed by atoms with Gasteiger partial charge in [-0.1, -0.05) is 13.8 Å². The number of amides is 2. The lowest BCUT2D eigenvalue weighted by Gasteiger charge is -2.27. The van der Waals surface area contributed by atoms with E-state index in [4.69, 9.17) is 0 Å². The summed E-state index contributed by atoms with van der Waals surface area (Å²) >= 11 is 0. The van der Waals surface area contributed by atoms with Gasteiger partial charge in [0.2, 0.25) is 5.91 Å². The second kappa shape index (κ2) is 9.19. The van der Waals surface area contributed by atoms with Crippen LogP contribution in [0.25, 0.3) is 0 Å². The number of nitrogens with one attached hydrogen (secondary N) is 1. The van der Waals surface area contributed by atoms with Crippen molar-refractivity contribution in [2.45, 2.75) is 59.5 Å². The number of hydrogen-bond donors (Lipinski definition) is 2. The lowest BCUT2D eigenvalue weighted by atomic mass is 10.1. The van der Waals surface area contributed by atoms with E-state index in [2.05, 4.69) is 10.4 Å². The van der Waals surface area contributed by atoms with Crippen molar-refractivity contribution in [2.24, 2.45) is 0 Å². The quantitative estimate of drug-likeness (QED) is 0.702. The van der Waals surface area contributed by atoms with E-state index in [1.807, 2.05) is 13.8 Å². The van der Waals surface area contributed by atoms with Crippen molar-refractivity contribution in [3.63, 3.8) is 0 Å². The predicted molar refractivity (Wildman–Crippen MR) is 93.4 cm³/mol. The van der Waals surface area contributed by atoms with Crippen molar-refractivity contribution in [3.8, 4) is 0 Å². The van der Waals surface area contributed by atoms with Crippen LogP contribution < -0.4 is 5.32 Å². The highest BCUT2D eigenvalue weighted by Gasteiger charge is 2.29. The summed E-state index contributed by atoms with van der Waals surface area (Å²) in [5.74, 6) is -1.72. The molecule has 1 heterocycles. The molecule has 2 N–H and O–H groups in total. The zero-order valence-corrected chi connectivity index (χ0v) is 15.6. The van der Waals surface area contributed by atoms with E-state index in [0.29, 0.717) is 11.4 Å². The number of carboxylic acid groups (broad SMARTS) is 1. The molecule has 0 aromatic carbocycles. The number of carboxylic acids is 1. The Labute approximate surface area is 148 Å². The number of aromatic nitrogens is 2. The third-order valence-electron chi connectivity index (χ3n) is 4.18. The van der Waals surface area contributed by atoms with E-state index in [9.17, 15) is 19.5 Å². The van der Waals surface area contributed by atoms with E-state index in [0.717, 1.165) is 12.8 Å². The number of nitrogens with zero attached hydrogens (tertiary/aromatic N) is 3. The maximum absolute atomic E-state index is 13.0. The lowest BCUT2D eigenvalue weighted by molar-refractivity contribution is -0.141. The van der Waals surface area contributed by atoms with E-state index < -0.39 is 17.9 Å².